The Kier molecular flexibility index (Phi) is 17.0. The van der Waals surface area contributed by atoms with E-state index in [2.05, 4.69) is 318 Å². The summed E-state index contributed by atoms with van der Waals surface area (Å²) >= 11 is 0. The third-order valence-electron chi connectivity index (χ3n) is 14.5. The lowest BCUT2D eigenvalue weighted by atomic mass is 10.0. The molecule has 6 heterocycles. The number of fused-ring (bicyclic) bond motifs is 9. The molecular formula is C52H86N22P4. The number of nitrogens with zero attached hydrogens (tertiary/aromatic N) is 20. The van der Waals surface area contributed by atoms with Gasteiger partial charge in [0.15, 0.2) is 53.3 Å². The second-order valence-corrected chi connectivity index (χ2v) is 36.7. The van der Waals surface area contributed by atoms with E-state index in [1.807, 2.05) is 0 Å². The Labute approximate surface area is 464 Å². The van der Waals surface area contributed by atoms with Gasteiger partial charge in [-0.05, 0) is 199 Å². The monoisotopic (exact) mass is 1140 g/mol. The lowest BCUT2D eigenvalue weighted by molar-refractivity contribution is 0.473. The molecule has 424 valence electrons. The van der Waals surface area contributed by atoms with Gasteiger partial charge in [0.2, 0.25) is 0 Å². The minimum atomic E-state index is -2.46. The van der Waals surface area contributed by atoms with E-state index in [0.29, 0.717) is 11.6 Å². The van der Waals surface area contributed by atoms with Gasteiger partial charge in [-0.2, -0.15) is 0 Å². The summed E-state index contributed by atoms with van der Waals surface area (Å²) in [5.74, 6) is 4.46. The predicted molar refractivity (Wildman–Crippen MR) is 338 cm³/mol. The van der Waals surface area contributed by atoms with E-state index < -0.39 is 30.0 Å². The van der Waals surface area contributed by atoms with Crippen LogP contribution in [0.25, 0.3) is 66.0 Å². The topological polar surface area (TPSA) is 148 Å². The van der Waals surface area contributed by atoms with Crippen LogP contribution in [0.15, 0.2) is 104 Å². The van der Waals surface area contributed by atoms with Crippen molar-refractivity contribution in [2.75, 3.05) is 180 Å². The highest BCUT2D eigenvalue weighted by molar-refractivity contribution is 7.60. The molecule has 26 heteroatoms. The van der Waals surface area contributed by atoms with Crippen molar-refractivity contribution in [3.05, 3.63) is 84.7 Å². The van der Waals surface area contributed by atoms with Gasteiger partial charge in [0, 0.05) is 51.5 Å². The average Bonchev–Trinajstić information content (AvgIpc) is 3.86. The molecule has 2 N–H and O–H groups in total. The van der Waals surface area contributed by atoms with Gasteiger partial charge in [0.25, 0.3) is 0 Å². The Morgan fingerprint density at radius 2 is 0.603 bits per heavy atom. The fourth-order valence-corrected chi connectivity index (χ4v) is 23.9. The van der Waals surface area contributed by atoms with Crippen LogP contribution in [0.2, 0.25) is 0 Å². The number of anilines is 2. The van der Waals surface area contributed by atoms with Gasteiger partial charge in [-0.3, -0.25) is 65.2 Å². The van der Waals surface area contributed by atoms with Gasteiger partial charge in [-0.15, -0.1) is 0 Å². The number of rotatable bonds is 16. The van der Waals surface area contributed by atoms with Crippen molar-refractivity contribution in [3.63, 3.8) is 0 Å². The number of benzene rings is 2. The van der Waals surface area contributed by atoms with Gasteiger partial charge in [0.1, 0.15) is 11.6 Å². The van der Waals surface area contributed by atoms with E-state index in [9.17, 15) is 0 Å². The fraction of sp³-hybridized carbons (Fsp3) is 0.462. The summed E-state index contributed by atoms with van der Waals surface area (Å²) in [6, 6.07) is 21.7. The summed E-state index contributed by atoms with van der Waals surface area (Å²) < 4.78 is 53.8. The smallest absolute Gasteiger partial charge is 0.184 e. The molecule has 2 aromatic carbocycles. The second kappa shape index (κ2) is 22.2. The van der Waals surface area contributed by atoms with Crippen molar-refractivity contribution >= 4 is 108 Å². The number of hydrogen-bond acceptors (Lipinski definition) is 8. The Morgan fingerprint density at radius 3 is 0.885 bits per heavy atom. The molecule has 8 rings (SSSR count). The lowest BCUT2D eigenvalue weighted by Crippen LogP contribution is -2.31. The van der Waals surface area contributed by atoms with E-state index in [-0.39, 0.29) is 0 Å². The van der Waals surface area contributed by atoms with Crippen LogP contribution in [0.5, 0.6) is 0 Å². The first-order valence-electron chi connectivity index (χ1n) is 25.8. The average molecular weight is 1140 g/mol. The maximum Gasteiger partial charge on any atom is 0.184 e. The van der Waals surface area contributed by atoms with Crippen molar-refractivity contribution < 1.29 is 0 Å². The molecule has 0 fully saturated rings. The van der Waals surface area contributed by atoms with Crippen LogP contribution in [0, 0.1) is 0 Å². The zero-order valence-electron chi connectivity index (χ0n) is 50.7. The number of aromatic nitrogens is 4. The van der Waals surface area contributed by atoms with Crippen molar-refractivity contribution in [2.24, 2.45) is 19.0 Å². The molecule has 22 nitrogen and oxygen atoms in total. The first-order valence-corrected chi connectivity index (χ1v) is 32.2. The van der Waals surface area contributed by atoms with Crippen LogP contribution in [-0.2, 0) is 0 Å². The third-order valence-corrected chi connectivity index (χ3v) is 29.2. The first-order chi connectivity index (χ1) is 36.5. The van der Waals surface area contributed by atoms with Gasteiger partial charge < -0.3 is 10.6 Å². The van der Waals surface area contributed by atoms with Crippen LogP contribution >= 0.6 is 30.0 Å². The number of pyridine rings is 2. The third kappa shape index (κ3) is 9.72. The zero-order valence-corrected chi connectivity index (χ0v) is 54.2. The molecule has 4 aromatic heterocycles. The van der Waals surface area contributed by atoms with E-state index in [1.54, 1.807) is 0 Å². The highest BCUT2D eigenvalue weighted by Gasteiger charge is 2.37. The SMILES string of the molecule is CN(C)P(=NC1=C(N=P(N(C)C)(N(C)C)N(C)C)n2ccc3cc4ccc5ccc6cc7ccn8c(cc7nc6c5c4nc3cc2N1)NC(N=P(N(C)C)(N(C)C)N(C)C)=C8N=P(N(C)C)(N(C)C)N(C)C)(N(C)C)N(C)C. The first kappa shape index (κ1) is 59.7. The van der Waals surface area contributed by atoms with Gasteiger partial charge in [0.05, 0.1) is 22.1 Å². The highest BCUT2D eigenvalue weighted by Crippen LogP contribution is 2.62. The molecule has 0 saturated carbocycles. The molecule has 0 bridgehead atoms. The van der Waals surface area contributed by atoms with Crippen LogP contribution in [0.4, 0.5) is 11.6 Å². The molecule has 0 saturated heterocycles. The van der Waals surface area contributed by atoms with Crippen LogP contribution < -0.4 is 10.6 Å². The van der Waals surface area contributed by atoms with E-state index in [0.717, 1.165) is 77.7 Å². The fourth-order valence-electron chi connectivity index (χ4n) is 11.5. The van der Waals surface area contributed by atoms with Gasteiger partial charge in [-0.25, -0.2) is 28.9 Å². The Morgan fingerprint density at radius 1 is 0.333 bits per heavy atom. The minimum absolute atomic E-state index is 0.689. The molecule has 2 aliphatic rings. The molecule has 2 aliphatic heterocycles. The van der Waals surface area contributed by atoms with Crippen molar-refractivity contribution in [3.8, 4) is 0 Å². The molecule has 0 atom stereocenters. The molecular weight excluding hydrogens is 1060 g/mol. The maximum atomic E-state index is 5.75. The van der Waals surface area contributed by atoms with Gasteiger partial charge >= 0.3 is 0 Å². The molecule has 0 aliphatic carbocycles. The summed E-state index contributed by atoms with van der Waals surface area (Å²) in [5.41, 5.74) is 3.38. The van der Waals surface area contributed by atoms with Crippen LogP contribution in [0.1, 0.15) is 0 Å². The molecule has 0 amide bonds. The molecule has 0 spiro atoms. The minimum Gasteiger partial charge on any atom is -0.323 e. The standard InChI is InChI=1S/C52H86N22P4/c1-61(2)75(62(3)4,63(5)6)57-49-51(59-77(67(13)14,68(15)16)69(17)18)73-31-29-38-33-40-27-25-37-26-28-41-34-39-30-32-74-45(36-43(39)54-48(41)46(37)47(40)53-42(38)35-44(73)55-49)56-50(58-76(64(7)8,65(9)10)66(11)12)52(74)60-78(70(19)20,71(21)22)72(23)24/h25-36,55-56H,1-24H3. The van der Waals surface area contributed by atoms with Crippen LogP contribution in [0.3, 0.4) is 0 Å². The molecule has 0 unspecified atom stereocenters. The summed E-state index contributed by atoms with van der Waals surface area (Å²) in [6.45, 7) is 0. The summed E-state index contributed by atoms with van der Waals surface area (Å²) in [4.78, 5) is 11.2. The number of hydrogen-bond donors (Lipinski definition) is 2. The predicted octanol–water partition coefficient (Wildman–Crippen LogP) is 10.5. The Bertz CT molecular complexity index is 3350. The Hall–Kier alpha value is -4.40. The van der Waals surface area contributed by atoms with Crippen molar-refractivity contribution in [2.45, 2.75) is 0 Å². The zero-order chi connectivity index (χ0) is 57.5. The van der Waals surface area contributed by atoms with Gasteiger partial charge in [-0.1, -0.05) is 24.3 Å². The molecule has 6 aromatic rings. The summed E-state index contributed by atoms with van der Waals surface area (Å²) in [7, 11) is 40.5. The van der Waals surface area contributed by atoms with Crippen molar-refractivity contribution in [1.29, 1.82) is 0 Å². The summed E-state index contributed by atoms with van der Waals surface area (Å²) in [6.07, 6.45) is 4.20. The highest BCUT2D eigenvalue weighted by atomic mass is 31.2. The van der Waals surface area contributed by atoms with E-state index >= 15 is 0 Å². The maximum absolute atomic E-state index is 5.75. The lowest BCUT2D eigenvalue weighted by Gasteiger charge is -2.41. The van der Waals surface area contributed by atoms with Crippen molar-refractivity contribution in [1.82, 2.24) is 75.1 Å². The number of nitrogens with one attached hydrogen (secondary N) is 2. The summed E-state index contributed by atoms with van der Waals surface area (Å²) in [5, 5.41) is 13.6. The molecule has 0 radical (unpaired) electrons. The second-order valence-electron chi connectivity index (χ2n) is 22.0. The normalized spacial score (nSPS) is 14.9. The van der Waals surface area contributed by atoms with E-state index in [1.165, 1.54) is 0 Å². The van der Waals surface area contributed by atoms with E-state index in [4.69, 9.17) is 28.9 Å². The quantitative estimate of drug-likeness (QED) is 0.0699. The molecule has 78 heavy (non-hydrogen) atoms. The van der Waals surface area contributed by atoms with Crippen LogP contribution in [-0.4, -0.2) is 244 Å². The largest absolute Gasteiger partial charge is 0.323 e. The Balaban J connectivity index is 1.40.